The van der Waals surface area contributed by atoms with E-state index in [-0.39, 0.29) is 18.6 Å². The number of pyridine rings is 1. The fourth-order valence-electron chi connectivity index (χ4n) is 3.07. The van der Waals surface area contributed by atoms with E-state index in [1.807, 2.05) is 35.2 Å². The normalized spacial score (nSPS) is 17.0. The van der Waals surface area contributed by atoms with Crippen LogP contribution in [0.1, 0.15) is 36.0 Å². The van der Waals surface area contributed by atoms with E-state index in [1.165, 1.54) is 0 Å². The van der Waals surface area contributed by atoms with Gasteiger partial charge in [0, 0.05) is 31.5 Å². The van der Waals surface area contributed by atoms with E-state index in [4.69, 9.17) is 9.84 Å². The van der Waals surface area contributed by atoms with Crippen LogP contribution < -0.4 is 4.74 Å². The average molecular weight is 326 g/mol. The largest absolute Gasteiger partial charge is 0.439 e. The molecule has 0 saturated carbocycles. The number of aromatic nitrogens is 1. The molecule has 1 atom stereocenters. The van der Waals surface area contributed by atoms with Crippen molar-refractivity contribution in [3.8, 4) is 11.6 Å². The second kappa shape index (κ2) is 7.93. The van der Waals surface area contributed by atoms with Crippen molar-refractivity contribution in [2.24, 2.45) is 0 Å². The molecule has 1 aliphatic rings. The van der Waals surface area contributed by atoms with Gasteiger partial charge in [0.2, 0.25) is 5.88 Å². The summed E-state index contributed by atoms with van der Waals surface area (Å²) < 4.78 is 5.65. The summed E-state index contributed by atoms with van der Waals surface area (Å²) >= 11 is 0. The van der Waals surface area contributed by atoms with E-state index < -0.39 is 0 Å². The molecule has 1 fully saturated rings. The number of carbonyl (C=O) groups excluding carboxylic acids is 1. The van der Waals surface area contributed by atoms with Gasteiger partial charge >= 0.3 is 0 Å². The minimum Gasteiger partial charge on any atom is -0.439 e. The monoisotopic (exact) mass is 326 g/mol. The molecule has 2 aromatic rings. The molecular weight excluding hydrogens is 304 g/mol. The maximum Gasteiger partial charge on any atom is 0.255 e. The fraction of sp³-hybridized carbons (Fsp3) is 0.368. The van der Waals surface area contributed by atoms with E-state index in [0.717, 1.165) is 32.2 Å². The number of hydrogen-bond donors (Lipinski definition) is 1. The number of carbonyl (C=O) groups is 1. The Kier molecular flexibility index (Phi) is 5.43. The molecule has 3 rings (SSSR count). The number of amides is 1. The molecule has 5 heteroatoms. The van der Waals surface area contributed by atoms with Gasteiger partial charge in [0.05, 0.1) is 5.56 Å². The Hall–Kier alpha value is -2.40. The lowest BCUT2D eigenvalue weighted by molar-refractivity contribution is 0.0724. The van der Waals surface area contributed by atoms with E-state index in [0.29, 0.717) is 17.2 Å². The summed E-state index contributed by atoms with van der Waals surface area (Å²) in [5.74, 6) is 1.19. The van der Waals surface area contributed by atoms with E-state index in [9.17, 15) is 4.79 Å². The minimum atomic E-state index is 0.00852. The predicted molar refractivity (Wildman–Crippen MR) is 91.1 cm³/mol. The molecule has 0 bridgehead atoms. The lowest BCUT2D eigenvalue weighted by Gasteiger charge is -2.24. The number of aliphatic hydroxyl groups is 1. The van der Waals surface area contributed by atoms with Gasteiger partial charge in [-0.3, -0.25) is 4.79 Å². The standard InChI is InChI=1S/C19H22N2O3/c22-13-5-7-16-6-4-12-21(16)19(23)15-10-11-18(20-14-15)24-17-8-2-1-3-9-17/h1-3,8-11,14,16,22H,4-7,12-13H2. The smallest absolute Gasteiger partial charge is 0.255 e. The molecule has 0 radical (unpaired) electrons. The first-order chi connectivity index (χ1) is 11.8. The zero-order chi connectivity index (χ0) is 16.8. The Morgan fingerprint density at radius 2 is 2.08 bits per heavy atom. The van der Waals surface area contributed by atoms with Gasteiger partial charge in [0.25, 0.3) is 5.91 Å². The van der Waals surface area contributed by atoms with Crippen LogP contribution in [0.2, 0.25) is 0 Å². The van der Waals surface area contributed by atoms with Gasteiger partial charge in [-0.05, 0) is 43.9 Å². The Morgan fingerprint density at radius 1 is 1.25 bits per heavy atom. The molecule has 5 nitrogen and oxygen atoms in total. The zero-order valence-corrected chi connectivity index (χ0v) is 13.6. The highest BCUT2D eigenvalue weighted by Gasteiger charge is 2.29. The molecule has 1 aromatic carbocycles. The molecule has 24 heavy (non-hydrogen) atoms. The third-order valence-corrected chi connectivity index (χ3v) is 4.28. The van der Waals surface area contributed by atoms with Gasteiger partial charge in [-0.2, -0.15) is 0 Å². The number of nitrogens with zero attached hydrogens (tertiary/aromatic N) is 2. The molecule has 0 spiro atoms. The minimum absolute atomic E-state index is 0.00852. The van der Waals surface area contributed by atoms with Gasteiger partial charge in [-0.15, -0.1) is 0 Å². The summed E-state index contributed by atoms with van der Waals surface area (Å²) in [7, 11) is 0. The van der Waals surface area contributed by atoms with Crippen LogP contribution in [-0.4, -0.2) is 40.1 Å². The summed E-state index contributed by atoms with van der Waals surface area (Å²) in [5, 5.41) is 8.99. The summed E-state index contributed by atoms with van der Waals surface area (Å²) in [6, 6.07) is 13.1. The molecule has 1 amide bonds. The van der Waals surface area contributed by atoms with Crippen LogP contribution in [0.4, 0.5) is 0 Å². The SMILES string of the molecule is O=C(c1ccc(Oc2ccccc2)nc1)N1CCCC1CCCO. The molecule has 2 heterocycles. The van der Waals surface area contributed by atoms with Crippen LogP contribution in [-0.2, 0) is 0 Å². The average Bonchev–Trinajstić information content (AvgIpc) is 3.09. The van der Waals surface area contributed by atoms with Gasteiger partial charge in [-0.25, -0.2) is 4.98 Å². The first kappa shape index (κ1) is 16.5. The molecule has 1 aromatic heterocycles. The van der Waals surface area contributed by atoms with Crippen LogP contribution in [0.25, 0.3) is 0 Å². The van der Waals surface area contributed by atoms with Crippen molar-refractivity contribution in [2.75, 3.05) is 13.2 Å². The quantitative estimate of drug-likeness (QED) is 0.885. The van der Waals surface area contributed by atoms with Gasteiger partial charge in [0.15, 0.2) is 0 Å². The summed E-state index contributed by atoms with van der Waals surface area (Å²) in [6.45, 7) is 0.947. The fourth-order valence-corrected chi connectivity index (χ4v) is 3.07. The van der Waals surface area contributed by atoms with E-state index >= 15 is 0 Å². The first-order valence-electron chi connectivity index (χ1n) is 8.38. The van der Waals surface area contributed by atoms with Crippen molar-refractivity contribution >= 4 is 5.91 Å². The van der Waals surface area contributed by atoms with E-state index in [2.05, 4.69) is 4.98 Å². The van der Waals surface area contributed by atoms with Crippen molar-refractivity contribution in [3.05, 3.63) is 54.2 Å². The van der Waals surface area contributed by atoms with Crippen LogP contribution >= 0.6 is 0 Å². The number of likely N-dealkylation sites (tertiary alicyclic amines) is 1. The third kappa shape index (κ3) is 3.92. The summed E-state index contributed by atoms with van der Waals surface area (Å²) in [6.07, 6.45) is 5.18. The summed E-state index contributed by atoms with van der Waals surface area (Å²) in [5.41, 5.74) is 0.575. The van der Waals surface area contributed by atoms with Crippen molar-refractivity contribution in [1.82, 2.24) is 9.88 Å². The second-order valence-electron chi connectivity index (χ2n) is 5.96. The zero-order valence-electron chi connectivity index (χ0n) is 13.6. The molecular formula is C19H22N2O3. The van der Waals surface area contributed by atoms with Crippen LogP contribution in [0.5, 0.6) is 11.6 Å². The number of hydrogen-bond acceptors (Lipinski definition) is 4. The Bertz CT molecular complexity index is 658. The Balaban J connectivity index is 1.65. The van der Waals surface area contributed by atoms with Crippen molar-refractivity contribution in [1.29, 1.82) is 0 Å². The predicted octanol–water partition coefficient (Wildman–Crippen LogP) is 3.25. The molecule has 126 valence electrons. The molecule has 1 unspecified atom stereocenters. The van der Waals surface area contributed by atoms with Crippen LogP contribution in [0.15, 0.2) is 48.7 Å². The number of benzene rings is 1. The number of para-hydroxylation sites is 1. The molecule has 0 aliphatic carbocycles. The lowest BCUT2D eigenvalue weighted by atomic mass is 10.1. The molecule has 1 aliphatic heterocycles. The van der Waals surface area contributed by atoms with Crippen molar-refractivity contribution in [2.45, 2.75) is 31.7 Å². The molecule has 1 saturated heterocycles. The second-order valence-corrected chi connectivity index (χ2v) is 5.96. The lowest BCUT2D eigenvalue weighted by Crippen LogP contribution is -2.35. The highest BCUT2D eigenvalue weighted by molar-refractivity contribution is 5.94. The number of aliphatic hydroxyl groups excluding tert-OH is 1. The highest BCUT2D eigenvalue weighted by atomic mass is 16.5. The maximum absolute atomic E-state index is 12.7. The third-order valence-electron chi connectivity index (χ3n) is 4.28. The van der Waals surface area contributed by atoms with Crippen LogP contribution in [0.3, 0.4) is 0 Å². The van der Waals surface area contributed by atoms with E-state index in [1.54, 1.807) is 18.3 Å². The maximum atomic E-state index is 12.7. The number of ether oxygens (including phenoxy) is 1. The number of rotatable bonds is 6. The Labute approximate surface area is 141 Å². The van der Waals surface area contributed by atoms with Gasteiger partial charge < -0.3 is 14.7 Å². The van der Waals surface area contributed by atoms with Gasteiger partial charge in [-0.1, -0.05) is 18.2 Å². The topological polar surface area (TPSA) is 62.7 Å². The van der Waals surface area contributed by atoms with Crippen LogP contribution in [0, 0.1) is 0 Å². The highest BCUT2D eigenvalue weighted by Crippen LogP contribution is 2.24. The van der Waals surface area contributed by atoms with Crippen molar-refractivity contribution < 1.29 is 14.6 Å². The van der Waals surface area contributed by atoms with Crippen molar-refractivity contribution in [3.63, 3.8) is 0 Å². The summed E-state index contributed by atoms with van der Waals surface area (Å²) in [4.78, 5) is 18.8. The van der Waals surface area contributed by atoms with Gasteiger partial charge in [0.1, 0.15) is 5.75 Å². The first-order valence-corrected chi connectivity index (χ1v) is 8.38. The molecule has 1 N–H and O–H groups in total. The Morgan fingerprint density at radius 3 is 2.79 bits per heavy atom.